The highest BCUT2D eigenvalue weighted by molar-refractivity contribution is 5.28. The SMILES string of the molecule is CCNCc1cccc(OCC2CCCCO2)c1. The van der Waals surface area contributed by atoms with Gasteiger partial charge in [0.05, 0.1) is 6.10 Å². The number of rotatable bonds is 6. The molecule has 0 radical (unpaired) electrons. The Kier molecular flexibility index (Phi) is 5.49. The lowest BCUT2D eigenvalue weighted by Crippen LogP contribution is -2.25. The maximum Gasteiger partial charge on any atom is 0.119 e. The fourth-order valence-corrected chi connectivity index (χ4v) is 2.14. The summed E-state index contributed by atoms with van der Waals surface area (Å²) in [4.78, 5) is 0. The summed E-state index contributed by atoms with van der Waals surface area (Å²) in [5.74, 6) is 0.944. The molecule has 18 heavy (non-hydrogen) atoms. The third-order valence-electron chi connectivity index (χ3n) is 3.19. The van der Waals surface area contributed by atoms with E-state index in [0.717, 1.165) is 31.9 Å². The van der Waals surface area contributed by atoms with Crippen LogP contribution in [0.4, 0.5) is 0 Å². The first kappa shape index (κ1) is 13.4. The van der Waals surface area contributed by atoms with E-state index in [0.29, 0.717) is 6.61 Å². The van der Waals surface area contributed by atoms with Crippen LogP contribution >= 0.6 is 0 Å². The van der Waals surface area contributed by atoms with E-state index in [1.165, 1.54) is 18.4 Å². The van der Waals surface area contributed by atoms with E-state index in [2.05, 4.69) is 24.4 Å². The molecule has 1 aromatic rings. The zero-order valence-corrected chi connectivity index (χ0v) is 11.2. The molecule has 100 valence electrons. The molecule has 1 N–H and O–H groups in total. The van der Waals surface area contributed by atoms with Crippen molar-refractivity contribution >= 4 is 0 Å². The summed E-state index contributed by atoms with van der Waals surface area (Å²) in [5.41, 5.74) is 1.26. The maximum atomic E-state index is 5.81. The molecule has 1 unspecified atom stereocenters. The molecule has 1 heterocycles. The molecule has 0 bridgehead atoms. The van der Waals surface area contributed by atoms with Crippen LogP contribution in [-0.2, 0) is 11.3 Å². The van der Waals surface area contributed by atoms with Crippen LogP contribution < -0.4 is 10.1 Å². The molecule has 1 aromatic carbocycles. The Balaban J connectivity index is 1.80. The van der Waals surface area contributed by atoms with Gasteiger partial charge in [-0.15, -0.1) is 0 Å². The monoisotopic (exact) mass is 249 g/mol. The summed E-state index contributed by atoms with van der Waals surface area (Å²) >= 11 is 0. The van der Waals surface area contributed by atoms with Crippen molar-refractivity contribution in [1.29, 1.82) is 0 Å². The summed E-state index contributed by atoms with van der Waals surface area (Å²) in [6.45, 7) is 5.55. The molecule has 3 heteroatoms. The third-order valence-corrected chi connectivity index (χ3v) is 3.19. The van der Waals surface area contributed by atoms with E-state index in [1.807, 2.05) is 12.1 Å². The van der Waals surface area contributed by atoms with Crippen LogP contribution in [0.25, 0.3) is 0 Å². The fourth-order valence-electron chi connectivity index (χ4n) is 2.14. The van der Waals surface area contributed by atoms with Crippen molar-refractivity contribution < 1.29 is 9.47 Å². The van der Waals surface area contributed by atoms with Crippen LogP contribution in [0.3, 0.4) is 0 Å². The van der Waals surface area contributed by atoms with Crippen LogP contribution in [0.15, 0.2) is 24.3 Å². The lowest BCUT2D eigenvalue weighted by Gasteiger charge is -2.22. The first-order valence-electron chi connectivity index (χ1n) is 6.92. The summed E-state index contributed by atoms with van der Waals surface area (Å²) in [6.07, 6.45) is 3.84. The molecule has 0 saturated carbocycles. The van der Waals surface area contributed by atoms with Gasteiger partial charge in [-0.2, -0.15) is 0 Å². The van der Waals surface area contributed by atoms with Gasteiger partial charge in [-0.1, -0.05) is 19.1 Å². The second-order valence-corrected chi connectivity index (χ2v) is 4.73. The van der Waals surface area contributed by atoms with Crippen molar-refractivity contribution in [2.45, 2.75) is 38.8 Å². The molecule has 1 aliphatic heterocycles. The van der Waals surface area contributed by atoms with Crippen molar-refractivity contribution in [3.05, 3.63) is 29.8 Å². The van der Waals surface area contributed by atoms with Gasteiger partial charge < -0.3 is 14.8 Å². The van der Waals surface area contributed by atoms with E-state index >= 15 is 0 Å². The molecular formula is C15H23NO2. The quantitative estimate of drug-likeness (QED) is 0.841. The zero-order valence-electron chi connectivity index (χ0n) is 11.2. The smallest absolute Gasteiger partial charge is 0.119 e. The van der Waals surface area contributed by atoms with Gasteiger partial charge in [-0.25, -0.2) is 0 Å². The Bertz CT molecular complexity index is 348. The van der Waals surface area contributed by atoms with Gasteiger partial charge in [0.25, 0.3) is 0 Å². The van der Waals surface area contributed by atoms with Crippen LogP contribution in [0, 0.1) is 0 Å². The van der Waals surface area contributed by atoms with E-state index in [-0.39, 0.29) is 6.10 Å². The van der Waals surface area contributed by atoms with E-state index in [9.17, 15) is 0 Å². The molecule has 1 atom stereocenters. The van der Waals surface area contributed by atoms with Gasteiger partial charge in [-0.3, -0.25) is 0 Å². The Morgan fingerprint density at radius 1 is 1.39 bits per heavy atom. The van der Waals surface area contributed by atoms with E-state index in [4.69, 9.17) is 9.47 Å². The highest BCUT2D eigenvalue weighted by atomic mass is 16.5. The summed E-state index contributed by atoms with van der Waals surface area (Å²) in [6, 6.07) is 8.28. The maximum absolute atomic E-state index is 5.81. The molecule has 1 fully saturated rings. The number of hydrogen-bond donors (Lipinski definition) is 1. The average molecular weight is 249 g/mol. The third kappa shape index (κ3) is 4.31. The standard InChI is InChI=1S/C15H23NO2/c1-2-16-11-13-6-5-8-14(10-13)18-12-15-7-3-4-9-17-15/h5-6,8,10,15-16H,2-4,7,9,11-12H2,1H3. The molecular weight excluding hydrogens is 226 g/mol. The normalized spacial score (nSPS) is 19.7. The van der Waals surface area contributed by atoms with Crippen molar-refractivity contribution in [3.8, 4) is 5.75 Å². The number of benzene rings is 1. The van der Waals surface area contributed by atoms with E-state index in [1.54, 1.807) is 0 Å². The Morgan fingerprint density at radius 3 is 3.11 bits per heavy atom. The molecule has 1 saturated heterocycles. The molecule has 0 spiro atoms. The van der Waals surface area contributed by atoms with Crippen LogP contribution in [0.5, 0.6) is 5.75 Å². The molecule has 0 amide bonds. The number of hydrogen-bond acceptors (Lipinski definition) is 3. The summed E-state index contributed by atoms with van der Waals surface area (Å²) in [5, 5.41) is 3.32. The first-order valence-corrected chi connectivity index (χ1v) is 6.92. The van der Waals surface area contributed by atoms with Gasteiger partial charge in [0, 0.05) is 13.2 Å². The summed E-state index contributed by atoms with van der Waals surface area (Å²) < 4.78 is 11.5. The molecule has 0 aliphatic carbocycles. The zero-order chi connectivity index (χ0) is 12.6. The molecule has 0 aromatic heterocycles. The lowest BCUT2D eigenvalue weighted by molar-refractivity contribution is -0.0110. The summed E-state index contributed by atoms with van der Waals surface area (Å²) in [7, 11) is 0. The van der Waals surface area contributed by atoms with Gasteiger partial charge in [-0.05, 0) is 43.5 Å². The average Bonchev–Trinajstić information content (AvgIpc) is 2.44. The second kappa shape index (κ2) is 7.39. The Hall–Kier alpha value is -1.06. The van der Waals surface area contributed by atoms with Gasteiger partial charge in [0.15, 0.2) is 0 Å². The topological polar surface area (TPSA) is 30.5 Å². The first-order chi connectivity index (χ1) is 8.88. The highest BCUT2D eigenvalue weighted by Crippen LogP contribution is 2.17. The van der Waals surface area contributed by atoms with Gasteiger partial charge in [0.2, 0.25) is 0 Å². The molecule has 1 aliphatic rings. The number of ether oxygens (including phenoxy) is 2. The van der Waals surface area contributed by atoms with Crippen molar-refractivity contribution in [1.82, 2.24) is 5.32 Å². The minimum Gasteiger partial charge on any atom is -0.491 e. The van der Waals surface area contributed by atoms with Gasteiger partial charge >= 0.3 is 0 Å². The minimum atomic E-state index is 0.274. The van der Waals surface area contributed by atoms with Crippen LogP contribution in [0.1, 0.15) is 31.7 Å². The molecule has 2 rings (SSSR count). The van der Waals surface area contributed by atoms with Crippen molar-refractivity contribution in [2.24, 2.45) is 0 Å². The Morgan fingerprint density at radius 2 is 2.33 bits per heavy atom. The predicted molar refractivity (Wildman–Crippen MR) is 72.9 cm³/mol. The lowest BCUT2D eigenvalue weighted by atomic mass is 10.1. The largest absolute Gasteiger partial charge is 0.491 e. The predicted octanol–water partition coefficient (Wildman–Crippen LogP) is 2.74. The number of nitrogens with one attached hydrogen (secondary N) is 1. The highest BCUT2D eigenvalue weighted by Gasteiger charge is 2.14. The fraction of sp³-hybridized carbons (Fsp3) is 0.600. The van der Waals surface area contributed by atoms with Crippen molar-refractivity contribution in [2.75, 3.05) is 19.8 Å². The Labute approximate surface area is 109 Å². The van der Waals surface area contributed by atoms with Crippen LogP contribution in [0.2, 0.25) is 0 Å². The van der Waals surface area contributed by atoms with E-state index < -0.39 is 0 Å². The second-order valence-electron chi connectivity index (χ2n) is 4.73. The molecule has 3 nitrogen and oxygen atoms in total. The van der Waals surface area contributed by atoms with Crippen LogP contribution in [-0.4, -0.2) is 25.9 Å². The van der Waals surface area contributed by atoms with Crippen molar-refractivity contribution in [3.63, 3.8) is 0 Å². The minimum absolute atomic E-state index is 0.274. The van der Waals surface area contributed by atoms with Gasteiger partial charge in [0.1, 0.15) is 12.4 Å².